The van der Waals surface area contributed by atoms with Crippen molar-refractivity contribution in [1.29, 1.82) is 0 Å². The lowest BCUT2D eigenvalue weighted by Gasteiger charge is -2.12. The van der Waals surface area contributed by atoms with E-state index >= 15 is 0 Å². The van der Waals surface area contributed by atoms with Crippen LogP contribution in [0.5, 0.6) is 11.6 Å². The molecule has 0 radical (unpaired) electrons. The van der Waals surface area contributed by atoms with Gasteiger partial charge in [0.1, 0.15) is 17.6 Å². The Hall–Kier alpha value is -4.26. The number of nitrogens with one attached hydrogen (secondary N) is 1. The van der Waals surface area contributed by atoms with Crippen LogP contribution in [0.1, 0.15) is 5.56 Å². The van der Waals surface area contributed by atoms with E-state index in [1.54, 1.807) is 12.4 Å². The molecular weight excluding hydrogens is 378 g/mol. The molecule has 5 aromatic rings. The number of oxazole rings is 1. The maximum Gasteiger partial charge on any atom is 0.300 e. The zero-order valence-corrected chi connectivity index (χ0v) is 16.1. The molecule has 0 aliphatic heterocycles. The van der Waals surface area contributed by atoms with Crippen molar-refractivity contribution in [3.8, 4) is 22.9 Å². The lowest BCUT2D eigenvalue weighted by Crippen LogP contribution is -1.96. The van der Waals surface area contributed by atoms with Crippen molar-refractivity contribution < 1.29 is 9.15 Å². The summed E-state index contributed by atoms with van der Waals surface area (Å²) in [6.07, 6.45) is 4.89. The summed E-state index contributed by atoms with van der Waals surface area (Å²) in [5.41, 5.74) is 4.89. The highest BCUT2D eigenvalue weighted by atomic mass is 16.5. The number of aromatic nitrogens is 4. The van der Waals surface area contributed by atoms with Crippen LogP contribution in [0.3, 0.4) is 0 Å². The zero-order valence-electron chi connectivity index (χ0n) is 16.1. The summed E-state index contributed by atoms with van der Waals surface area (Å²) < 4.78 is 11.8. The Balaban J connectivity index is 1.39. The highest BCUT2D eigenvalue weighted by molar-refractivity contribution is 5.75. The Kier molecular flexibility index (Phi) is 4.53. The average molecular weight is 395 g/mol. The number of benzene rings is 2. The molecule has 0 fully saturated rings. The third-order valence-corrected chi connectivity index (χ3v) is 4.56. The molecule has 0 amide bonds. The van der Waals surface area contributed by atoms with E-state index in [4.69, 9.17) is 9.15 Å². The monoisotopic (exact) mass is 395 g/mol. The van der Waals surface area contributed by atoms with E-state index in [2.05, 4.69) is 25.3 Å². The van der Waals surface area contributed by atoms with Crippen LogP contribution in [0.15, 0.2) is 83.8 Å². The number of hydrogen-bond acceptors (Lipinski definition) is 7. The van der Waals surface area contributed by atoms with Crippen LogP contribution < -0.4 is 10.1 Å². The molecule has 1 N–H and O–H groups in total. The molecule has 0 atom stereocenters. The second-order valence-electron chi connectivity index (χ2n) is 6.64. The van der Waals surface area contributed by atoms with Crippen molar-refractivity contribution in [3.05, 3.63) is 84.9 Å². The van der Waals surface area contributed by atoms with Gasteiger partial charge in [-0.25, -0.2) is 15.0 Å². The highest BCUT2D eigenvalue weighted by Gasteiger charge is 2.12. The van der Waals surface area contributed by atoms with Crippen molar-refractivity contribution in [2.45, 2.75) is 6.92 Å². The van der Waals surface area contributed by atoms with Gasteiger partial charge < -0.3 is 14.5 Å². The Labute approximate surface area is 172 Å². The van der Waals surface area contributed by atoms with Crippen molar-refractivity contribution >= 4 is 22.8 Å². The molecule has 5 rings (SSSR count). The molecule has 0 spiro atoms. The Morgan fingerprint density at radius 1 is 0.933 bits per heavy atom. The van der Waals surface area contributed by atoms with Gasteiger partial charge in [0.15, 0.2) is 5.58 Å². The zero-order chi connectivity index (χ0) is 20.3. The molecule has 3 heterocycles. The van der Waals surface area contributed by atoms with Crippen LogP contribution in [-0.2, 0) is 0 Å². The maximum absolute atomic E-state index is 6.11. The molecule has 0 aliphatic carbocycles. The quantitative estimate of drug-likeness (QED) is 0.419. The van der Waals surface area contributed by atoms with Gasteiger partial charge in [-0.3, -0.25) is 0 Å². The van der Waals surface area contributed by atoms with Crippen molar-refractivity contribution in [3.63, 3.8) is 0 Å². The molecule has 0 bridgehead atoms. The van der Waals surface area contributed by atoms with E-state index in [0.29, 0.717) is 17.6 Å². The first-order valence-corrected chi connectivity index (χ1v) is 9.39. The molecule has 0 saturated carbocycles. The van der Waals surface area contributed by atoms with Crippen LogP contribution >= 0.6 is 0 Å². The number of pyridine rings is 1. The summed E-state index contributed by atoms with van der Waals surface area (Å²) in [7, 11) is 0. The third kappa shape index (κ3) is 3.56. The van der Waals surface area contributed by atoms with E-state index < -0.39 is 0 Å². The number of anilines is 2. The molecule has 7 heteroatoms. The summed E-state index contributed by atoms with van der Waals surface area (Å²) in [6.45, 7) is 1.97. The molecular formula is C23H17N5O2. The summed E-state index contributed by atoms with van der Waals surface area (Å²) in [4.78, 5) is 17.1. The number of para-hydroxylation sites is 2. The summed E-state index contributed by atoms with van der Waals surface area (Å²) in [5.74, 6) is 1.19. The number of fused-ring (bicyclic) bond motifs is 1. The third-order valence-electron chi connectivity index (χ3n) is 4.56. The van der Waals surface area contributed by atoms with Gasteiger partial charge in [-0.2, -0.15) is 4.98 Å². The van der Waals surface area contributed by atoms with Gasteiger partial charge in [-0.1, -0.05) is 12.1 Å². The topological polar surface area (TPSA) is 86.0 Å². The first-order chi connectivity index (χ1) is 14.8. The maximum atomic E-state index is 6.11. The summed E-state index contributed by atoms with van der Waals surface area (Å²) >= 11 is 0. The lowest BCUT2D eigenvalue weighted by atomic mass is 10.2. The average Bonchev–Trinajstić information content (AvgIpc) is 3.19. The van der Waals surface area contributed by atoms with Gasteiger partial charge in [0.05, 0.1) is 11.3 Å². The molecule has 0 saturated heterocycles. The lowest BCUT2D eigenvalue weighted by molar-refractivity contribution is 0.461. The van der Waals surface area contributed by atoms with Gasteiger partial charge in [-0.05, 0) is 61.0 Å². The number of aryl methyl sites for hydroxylation is 1. The molecule has 146 valence electrons. The summed E-state index contributed by atoms with van der Waals surface area (Å²) in [6, 6.07) is 19.4. The van der Waals surface area contributed by atoms with Crippen LogP contribution in [0, 0.1) is 6.92 Å². The first kappa shape index (κ1) is 17.8. The van der Waals surface area contributed by atoms with E-state index in [1.807, 2.05) is 67.6 Å². The smallest absolute Gasteiger partial charge is 0.300 e. The van der Waals surface area contributed by atoms with Crippen molar-refractivity contribution in [2.75, 3.05) is 5.32 Å². The second-order valence-corrected chi connectivity index (χ2v) is 6.64. The molecule has 30 heavy (non-hydrogen) atoms. The number of ether oxygens (including phenoxy) is 1. The number of nitrogens with zero attached hydrogens (tertiary/aromatic N) is 4. The highest BCUT2D eigenvalue weighted by Crippen LogP contribution is 2.33. The standard InChI is InChI=1S/C23H17N5O2/c1-15-13-16(27-23-28-19-6-2-3-7-21(19)30-23)8-9-20(15)29-22-17(5-4-11-25-22)18-10-12-24-14-26-18/h2-14H,1H3,(H,27,28). The fourth-order valence-electron chi connectivity index (χ4n) is 3.11. The minimum Gasteiger partial charge on any atom is -0.438 e. The molecule has 3 aromatic heterocycles. The second kappa shape index (κ2) is 7.63. The Morgan fingerprint density at radius 3 is 2.70 bits per heavy atom. The molecule has 0 aliphatic rings. The van der Waals surface area contributed by atoms with Crippen molar-refractivity contribution in [2.24, 2.45) is 0 Å². The van der Waals surface area contributed by atoms with Crippen LogP contribution in [0.4, 0.5) is 11.7 Å². The largest absolute Gasteiger partial charge is 0.438 e. The molecule has 0 unspecified atom stereocenters. The predicted octanol–water partition coefficient (Wildman–Crippen LogP) is 5.52. The Morgan fingerprint density at radius 2 is 1.87 bits per heavy atom. The SMILES string of the molecule is Cc1cc(Nc2nc3ccccc3o2)ccc1Oc1ncccc1-c1ccncn1. The predicted molar refractivity (Wildman–Crippen MR) is 114 cm³/mol. The number of hydrogen-bond donors (Lipinski definition) is 1. The first-order valence-electron chi connectivity index (χ1n) is 9.39. The van der Waals surface area contributed by atoms with Crippen molar-refractivity contribution in [1.82, 2.24) is 19.9 Å². The number of rotatable bonds is 5. The van der Waals surface area contributed by atoms with Crippen LogP contribution in [-0.4, -0.2) is 19.9 Å². The molecule has 2 aromatic carbocycles. The van der Waals surface area contributed by atoms with Gasteiger partial charge in [0.25, 0.3) is 6.01 Å². The van der Waals surface area contributed by atoms with E-state index in [9.17, 15) is 0 Å². The Bertz CT molecular complexity index is 1280. The summed E-state index contributed by atoms with van der Waals surface area (Å²) in [5, 5.41) is 3.20. The van der Waals surface area contributed by atoms with Gasteiger partial charge in [0, 0.05) is 18.1 Å². The van der Waals surface area contributed by atoms with Gasteiger partial charge in [-0.15, -0.1) is 0 Å². The molecule has 7 nitrogen and oxygen atoms in total. The van der Waals surface area contributed by atoms with Gasteiger partial charge in [0.2, 0.25) is 5.88 Å². The van der Waals surface area contributed by atoms with Crippen LogP contribution in [0.2, 0.25) is 0 Å². The minimum absolute atomic E-state index is 0.444. The van der Waals surface area contributed by atoms with Gasteiger partial charge >= 0.3 is 0 Å². The van der Waals surface area contributed by atoms with E-state index in [-0.39, 0.29) is 0 Å². The fraction of sp³-hybridized carbons (Fsp3) is 0.0435. The van der Waals surface area contributed by atoms with E-state index in [0.717, 1.165) is 33.6 Å². The van der Waals surface area contributed by atoms with Crippen LogP contribution in [0.25, 0.3) is 22.4 Å². The normalized spacial score (nSPS) is 10.8. The fourth-order valence-corrected chi connectivity index (χ4v) is 3.11. The minimum atomic E-state index is 0.444. The van der Waals surface area contributed by atoms with E-state index in [1.165, 1.54) is 6.33 Å².